The summed E-state index contributed by atoms with van der Waals surface area (Å²) >= 11 is 12.1. The number of amides is 1. The molecule has 0 saturated heterocycles. The van der Waals surface area contributed by atoms with Crippen molar-refractivity contribution in [3.8, 4) is 11.1 Å². The first-order valence-corrected chi connectivity index (χ1v) is 6.23. The quantitative estimate of drug-likeness (QED) is 0.889. The first-order valence-electron chi connectivity index (χ1n) is 5.47. The number of nitrogens with two attached hydrogens (primary N) is 1. The number of aromatic nitrogens is 1. The monoisotopic (exact) mass is 295 g/mol. The molecule has 0 radical (unpaired) electrons. The van der Waals surface area contributed by atoms with Crippen LogP contribution < -0.4 is 11.1 Å². The van der Waals surface area contributed by atoms with Crippen LogP contribution in [0.2, 0.25) is 10.0 Å². The SMILES string of the molecule is CC(=O)Nc1ccc(-c2cccc(Cl)c2Cl)c(N)n1. The molecule has 0 atom stereocenters. The summed E-state index contributed by atoms with van der Waals surface area (Å²) in [5.41, 5.74) is 7.25. The van der Waals surface area contributed by atoms with E-state index < -0.39 is 0 Å². The molecule has 0 fully saturated rings. The number of pyridine rings is 1. The highest BCUT2D eigenvalue weighted by Crippen LogP contribution is 2.35. The second kappa shape index (κ2) is 5.47. The van der Waals surface area contributed by atoms with Gasteiger partial charge in [0.2, 0.25) is 5.91 Å². The first kappa shape index (κ1) is 13.6. The molecular formula is C13H11Cl2N3O. The van der Waals surface area contributed by atoms with Crippen LogP contribution in [0.15, 0.2) is 30.3 Å². The van der Waals surface area contributed by atoms with Crippen LogP contribution in [0.25, 0.3) is 11.1 Å². The van der Waals surface area contributed by atoms with Gasteiger partial charge in [0.15, 0.2) is 0 Å². The van der Waals surface area contributed by atoms with E-state index in [1.807, 2.05) is 0 Å². The van der Waals surface area contributed by atoms with Crippen molar-refractivity contribution in [3.05, 3.63) is 40.4 Å². The Morgan fingerprint density at radius 3 is 2.58 bits per heavy atom. The summed E-state index contributed by atoms with van der Waals surface area (Å²) in [6.07, 6.45) is 0. The Bertz CT molecular complexity index is 644. The standard InChI is InChI=1S/C13H11Cl2N3O/c1-7(19)17-11-6-5-9(13(16)18-11)8-3-2-4-10(14)12(8)15/h2-6H,1H3,(H3,16,17,18,19). The van der Waals surface area contributed by atoms with Crippen LogP contribution in [-0.4, -0.2) is 10.9 Å². The molecule has 1 aromatic heterocycles. The molecule has 0 unspecified atom stereocenters. The molecule has 19 heavy (non-hydrogen) atoms. The van der Waals surface area contributed by atoms with E-state index in [-0.39, 0.29) is 11.7 Å². The second-order valence-electron chi connectivity index (χ2n) is 3.91. The fourth-order valence-corrected chi connectivity index (χ4v) is 2.07. The van der Waals surface area contributed by atoms with Crippen LogP contribution >= 0.6 is 23.2 Å². The van der Waals surface area contributed by atoms with Gasteiger partial charge in [0, 0.05) is 18.1 Å². The molecule has 0 spiro atoms. The van der Waals surface area contributed by atoms with E-state index in [1.165, 1.54) is 6.92 Å². The molecule has 6 heteroatoms. The van der Waals surface area contributed by atoms with Crippen molar-refractivity contribution < 1.29 is 4.79 Å². The van der Waals surface area contributed by atoms with Gasteiger partial charge >= 0.3 is 0 Å². The third-order valence-corrected chi connectivity index (χ3v) is 3.29. The Morgan fingerprint density at radius 1 is 1.21 bits per heavy atom. The lowest BCUT2D eigenvalue weighted by molar-refractivity contribution is -0.114. The fourth-order valence-electron chi connectivity index (χ4n) is 1.66. The average molecular weight is 296 g/mol. The van der Waals surface area contributed by atoms with Crippen LogP contribution in [0.1, 0.15) is 6.92 Å². The highest BCUT2D eigenvalue weighted by molar-refractivity contribution is 6.43. The van der Waals surface area contributed by atoms with Crippen LogP contribution in [0.5, 0.6) is 0 Å². The summed E-state index contributed by atoms with van der Waals surface area (Å²) < 4.78 is 0. The van der Waals surface area contributed by atoms with Gasteiger partial charge in [-0.1, -0.05) is 35.3 Å². The number of rotatable bonds is 2. The van der Waals surface area contributed by atoms with Gasteiger partial charge in [-0.05, 0) is 18.2 Å². The first-order chi connectivity index (χ1) is 8.99. The minimum absolute atomic E-state index is 0.208. The minimum atomic E-state index is -0.208. The molecule has 1 heterocycles. The van der Waals surface area contributed by atoms with E-state index in [0.29, 0.717) is 27.0 Å². The zero-order valence-corrected chi connectivity index (χ0v) is 11.6. The Kier molecular flexibility index (Phi) is 3.93. The molecule has 0 aliphatic heterocycles. The number of anilines is 2. The highest BCUT2D eigenvalue weighted by Gasteiger charge is 2.11. The number of nitrogens with zero attached hydrogens (tertiary/aromatic N) is 1. The molecule has 1 aromatic carbocycles. The van der Waals surface area contributed by atoms with Crippen molar-refractivity contribution in [2.45, 2.75) is 6.92 Å². The summed E-state index contributed by atoms with van der Waals surface area (Å²) in [7, 11) is 0. The predicted octanol–water partition coefficient (Wildman–Crippen LogP) is 3.60. The van der Waals surface area contributed by atoms with E-state index in [2.05, 4.69) is 10.3 Å². The maximum Gasteiger partial charge on any atom is 0.222 e. The summed E-state index contributed by atoms with van der Waals surface area (Å²) in [6, 6.07) is 8.68. The van der Waals surface area contributed by atoms with E-state index in [4.69, 9.17) is 28.9 Å². The summed E-state index contributed by atoms with van der Waals surface area (Å²) in [4.78, 5) is 15.1. The average Bonchev–Trinajstić information content (AvgIpc) is 2.33. The van der Waals surface area contributed by atoms with Gasteiger partial charge in [-0.3, -0.25) is 4.79 Å². The van der Waals surface area contributed by atoms with Gasteiger partial charge in [0.05, 0.1) is 10.0 Å². The molecule has 0 aliphatic rings. The number of nitrogen functional groups attached to an aromatic ring is 1. The van der Waals surface area contributed by atoms with Gasteiger partial charge in [0.25, 0.3) is 0 Å². The molecule has 3 N–H and O–H groups in total. The third-order valence-electron chi connectivity index (χ3n) is 2.47. The molecule has 0 aliphatic carbocycles. The molecule has 2 aromatic rings. The number of halogens is 2. The van der Waals surface area contributed by atoms with Gasteiger partial charge in [-0.15, -0.1) is 0 Å². The minimum Gasteiger partial charge on any atom is -0.383 e. The summed E-state index contributed by atoms with van der Waals surface area (Å²) in [6.45, 7) is 1.40. The number of benzene rings is 1. The van der Waals surface area contributed by atoms with Gasteiger partial charge in [-0.2, -0.15) is 0 Å². The number of carbonyl (C=O) groups excluding carboxylic acids is 1. The third kappa shape index (κ3) is 2.97. The van der Waals surface area contributed by atoms with Crippen molar-refractivity contribution in [3.63, 3.8) is 0 Å². The largest absolute Gasteiger partial charge is 0.383 e. The van der Waals surface area contributed by atoms with E-state index >= 15 is 0 Å². The Labute approximate surface area is 120 Å². The number of hydrogen-bond acceptors (Lipinski definition) is 3. The van der Waals surface area contributed by atoms with Crippen molar-refractivity contribution >= 4 is 40.7 Å². The molecule has 98 valence electrons. The topological polar surface area (TPSA) is 68.0 Å². The summed E-state index contributed by atoms with van der Waals surface area (Å²) in [5.74, 6) is 0.461. The van der Waals surface area contributed by atoms with E-state index in [1.54, 1.807) is 30.3 Å². The maximum atomic E-state index is 10.9. The van der Waals surface area contributed by atoms with Crippen LogP contribution in [0, 0.1) is 0 Å². The Morgan fingerprint density at radius 2 is 1.95 bits per heavy atom. The zero-order valence-electron chi connectivity index (χ0n) is 10.1. The molecular weight excluding hydrogens is 285 g/mol. The fraction of sp³-hybridized carbons (Fsp3) is 0.0769. The highest BCUT2D eigenvalue weighted by atomic mass is 35.5. The van der Waals surface area contributed by atoms with Crippen LogP contribution in [0.4, 0.5) is 11.6 Å². The molecule has 0 bridgehead atoms. The van der Waals surface area contributed by atoms with Crippen molar-refractivity contribution in [2.24, 2.45) is 0 Å². The molecule has 2 rings (SSSR count). The smallest absolute Gasteiger partial charge is 0.222 e. The number of nitrogens with one attached hydrogen (secondary N) is 1. The van der Waals surface area contributed by atoms with Crippen molar-refractivity contribution in [1.82, 2.24) is 4.98 Å². The Balaban J connectivity index is 2.46. The maximum absolute atomic E-state index is 10.9. The van der Waals surface area contributed by atoms with Crippen molar-refractivity contribution in [2.75, 3.05) is 11.1 Å². The lowest BCUT2D eigenvalue weighted by atomic mass is 10.1. The van der Waals surface area contributed by atoms with Crippen LogP contribution in [-0.2, 0) is 4.79 Å². The van der Waals surface area contributed by atoms with Gasteiger partial charge in [-0.25, -0.2) is 4.98 Å². The van der Waals surface area contributed by atoms with Gasteiger partial charge < -0.3 is 11.1 Å². The molecule has 4 nitrogen and oxygen atoms in total. The second-order valence-corrected chi connectivity index (χ2v) is 4.70. The summed E-state index contributed by atoms with van der Waals surface area (Å²) in [5, 5.41) is 3.43. The van der Waals surface area contributed by atoms with Crippen molar-refractivity contribution in [1.29, 1.82) is 0 Å². The van der Waals surface area contributed by atoms with Crippen LogP contribution in [0.3, 0.4) is 0 Å². The van der Waals surface area contributed by atoms with E-state index in [0.717, 1.165) is 0 Å². The lowest BCUT2D eigenvalue weighted by Gasteiger charge is -2.10. The molecule has 1 amide bonds. The van der Waals surface area contributed by atoms with Gasteiger partial charge in [0.1, 0.15) is 11.6 Å². The number of carbonyl (C=O) groups is 1. The number of hydrogen-bond donors (Lipinski definition) is 2. The molecule has 0 saturated carbocycles. The Hall–Kier alpha value is -1.78. The van der Waals surface area contributed by atoms with E-state index in [9.17, 15) is 4.79 Å². The predicted molar refractivity (Wildman–Crippen MR) is 78.4 cm³/mol. The zero-order chi connectivity index (χ0) is 14.0. The normalized spacial score (nSPS) is 10.3. The lowest BCUT2D eigenvalue weighted by Crippen LogP contribution is -2.08.